The van der Waals surface area contributed by atoms with Gasteiger partial charge in [-0.3, -0.25) is 0 Å². The van der Waals surface area contributed by atoms with Gasteiger partial charge in [-0.2, -0.15) is 0 Å². The van der Waals surface area contributed by atoms with Crippen LogP contribution >= 0.6 is 0 Å². The Morgan fingerprint density at radius 2 is 2.62 bits per heavy atom. The fourth-order valence-corrected chi connectivity index (χ4v) is 0.239. The standard InChI is InChI=1S/C2HN3O3/c6-5(7)2-1-8-4-3-2/h1H. The first-order valence-corrected chi connectivity index (χ1v) is 1.72. The van der Waals surface area contributed by atoms with Gasteiger partial charge in [-0.15, -0.1) is 0 Å². The third-order valence-corrected chi connectivity index (χ3v) is 0.536. The molecule has 6 heteroatoms. The van der Waals surface area contributed by atoms with Crippen molar-refractivity contribution in [2.24, 2.45) is 0 Å². The van der Waals surface area contributed by atoms with Crippen molar-refractivity contribution in [3.05, 3.63) is 16.4 Å². The van der Waals surface area contributed by atoms with Gasteiger partial charge in [0.25, 0.3) is 0 Å². The zero-order chi connectivity index (χ0) is 5.98. The predicted molar refractivity (Wildman–Crippen MR) is 21.0 cm³/mol. The molecule has 0 N–H and O–H groups in total. The topological polar surface area (TPSA) is 82.1 Å². The molecule has 0 radical (unpaired) electrons. The molecule has 0 aliphatic carbocycles. The number of hydrogen-bond donors (Lipinski definition) is 0. The van der Waals surface area contributed by atoms with E-state index in [0.717, 1.165) is 6.26 Å². The minimum Gasteiger partial charge on any atom is -0.358 e. The summed E-state index contributed by atoms with van der Waals surface area (Å²) >= 11 is 0. The van der Waals surface area contributed by atoms with E-state index in [4.69, 9.17) is 0 Å². The molecule has 0 saturated carbocycles. The molecule has 0 fully saturated rings. The maximum Gasteiger partial charge on any atom is 0.432 e. The van der Waals surface area contributed by atoms with Gasteiger partial charge in [0.1, 0.15) is 5.10 Å². The van der Waals surface area contributed by atoms with E-state index in [1.165, 1.54) is 0 Å². The smallest absolute Gasteiger partial charge is 0.358 e. The summed E-state index contributed by atoms with van der Waals surface area (Å²) in [5, 5.41) is 15.6. The largest absolute Gasteiger partial charge is 0.432 e. The summed E-state index contributed by atoms with van der Waals surface area (Å²) in [5.74, 6) is -0.370. The van der Waals surface area contributed by atoms with Crippen LogP contribution in [-0.2, 0) is 0 Å². The first-order chi connectivity index (χ1) is 3.80. The van der Waals surface area contributed by atoms with E-state index in [0.29, 0.717) is 0 Å². The van der Waals surface area contributed by atoms with E-state index >= 15 is 0 Å². The van der Waals surface area contributed by atoms with Crippen LogP contribution in [-0.4, -0.2) is 15.3 Å². The fraction of sp³-hybridized carbons (Fsp3) is 0. The third-order valence-electron chi connectivity index (χ3n) is 0.536. The van der Waals surface area contributed by atoms with Crippen molar-refractivity contribution in [1.82, 2.24) is 10.4 Å². The van der Waals surface area contributed by atoms with E-state index in [2.05, 4.69) is 14.9 Å². The quantitative estimate of drug-likeness (QED) is 0.379. The summed E-state index contributed by atoms with van der Waals surface area (Å²) in [5.41, 5.74) is 0. The average molecular weight is 115 g/mol. The van der Waals surface area contributed by atoms with E-state index in [-0.39, 0.29) is 5.82 Å². The van der Waals surface area contributed by atoms with Gasteiger partial charge in [0.2, 0.25) is 6.26 Å². The lowest BCUT2D eigenvalue weighted by molar-refractivity contribution is -0.389. The Balaban J connectivity index is 2.93. The zero-order valence-electron chi connectivity index (χ0n) is 3.64. The molecule has 0 saturated heterocycles. The van der Waals surface area contributed by atoms with Crippen molar-refractivity contribution in [3.8, 4) is 0 Å². The minimum atomic E-state index is -0.684. The Morgan fingerprint density at radius 3 is 2.88 bits per heavy atom. The molecule has 0 amide bonds. The van der Waals surface area contributed by atoms with Crippen molar-refractivity contribution in [2.75, 3.05) is 0 Å². The van der Waals surface area contributed by atoms with E-state index in [1.54, 1.807) is 0 Å². The average Bonchev–Trinajstić information content (AvgIpc) is 2.12. The van der Waals surface area contributed by atoms with Gasteiger partial charge in [0, 0.05) is 0 Å². The Bertz CT molecular complexity index is 180. The van der Waals surface area contributed by atoms with Crippen molar-refractivity contribution in [1.29, 1.82) is 0 Å². The number of aromatic nitrogens is 2. The lowest BCUT2D eigenvalue weighted by Crippen LogP contribution is -1.86. The van der Waals surface area contributed by atoms with Crippen LogP contribution in [0, 0.1) is 10.1 Å². The van der Waals surface area contributed by atoms with Gasteiger partial charge in [-0.05, 0) is 4.92 Å². The second-order valence-corrected chi connectivity index (χ2v) is 1.02. The van der Waals surface area contributed by atoms with Crippen LogP contribution in [0.1, 0.15) is 0 Å². The first-order valence-electron chi connectivity index (χ1n) is 1.72. The molecule has 1 heterocycles. The maximum atomic E-state index is 9.71. The third kappa shape index (κ3) is 0.625. The van der Waals surface area contributed by atoms with Gasteiger partial charge < -0.3 is 14.6 Å². The Hall–Kier alpha value is -1.46. The molecule has 0 spiro atoms. The monoisotopic (exact) mass is 115 g/mol. The summed E-state index contributed by atoms with van der Waals surface area (Å²) < 4.78 is 4.07. The Kier molecular flexibility index (Phi) is 0.918. The van der Waals surface area contributed by atoms with Crippen LogP contribution in [0.25, 0.3) is 0 Å². The molecule has 0 aliphatic rings. The molecule has 0 aromatic carbocycles. The van der Waals surface area contributed by atoms with Crippen LogP contribution in [0.4, 0.5) is 5.82 Å². The fourth-order valence-electron chi connectivity index (χ4n) is 0.239. The lowest BCUT2D eigenvalue weighted by atomic mass is 10.8. The van der Waals surface area contributed by atoms with E-state index in [1.807, 2.05) is 0 Å². The number of nitrogens with zero attached hydrogens (tertiary/aromatic N) is 3. The van der Waals surface area contributed by atoms with Gasteiger partial charge in [-0.25, -0.2) is 0 Å². The molecule has 1 rings (SSSR count). The maximum absolute atomic E-state index is 9.71. The van der Waals surface area contributed by atoms with Gasteiger partial charge in [-0.1, -0.05) is 0 Å². The molecule has 1 aromatic rings. The summed E-state index contributed by atoms with van der Waals surface area (Å²) in [6, 6.07) is 0. The second-order valence-electron chi connectivity index (χ2n) is 1.02. The van der Waals surface area contributed by atoms with Crippen LogP contribution in [0.15, 0.2) is 10.8 Å². The number of nitro groups is 1. The SMILES string of the molecule is O=[N+]([O-])c1conn1. The highest BCUT2D eigenvalue weighted by Crippen LogP contribution is 2.00. The van der Waals surface area contributed by atoms with Crippen LogP contribution in [0.5, 0.6) is 0 Å². The number of rotatable bonds is 1. The molecule has 0 aliphatic heterocycles. The summed E-state index contributed by atoms with van der Waals surface area (Å²) in [6.07, 6.45) is 0.861. The van der Waals surface area contributed by atoms with Gasteiger partial charge in [0.15, 0.2) is 5.27 Å². The van der Waals surface area contributed by atoms with E-state index < -0.39 is 4.92 Å². The van der Waals surface area contributed by atoms with Crippen LogP contribution in [0.2, 0.25) is 0 Å². The van der Waals surface area contributed by atoms with Crippen molar-refractivity contribution >= 4 is 5.82 Å². The molecule has 0 bridgehead atoms. The first kappa shape index (κ1) is 4.69. The molecule has 1 aromatic heterocycles. The zero-order valence-corrected chi connectivity index (χ0v) is 3.64. The highest BCUT2D eigenvalue weighted by atomic mass is 16.6. The number of hydrogen-bond acceptors (Lipinski definition) is 5. The minimum absolute atomic E-state index is 0.370. The molecule has 0 unspecified atom stereocenters. The predicted octanol–water partition coefficient (Wildman–Crippen LogP) is -0.0222. The Morgan fingerprint density at radius 1 is 1.88 bits per heavy atom. The lowest BCUT2D eigenvalue weighted by Gasteiger charge is -1.78. The van der Waals surface area contributed by atoms with Crippen molar-refractivity contribution in [3.63, 3.8) is 0 Å². The van der Waals surface area contributed by atoms with E-state index in [9.17, 15) is 10.1 Å². The van der Waals surface area contributed by atoms with Crippen molar-refractivity contribution in [2.45, 2.75) is 0 Å². The van der Waals surface area contributed by atoms with Crippen molar-refractivity contribution < 1.29 is 9.45 Å². The van der Waals surface area contributed by atoms with Crippen LogP contribution < -0.4 is 0 Å². The molecule has 42 valence electrons. The molecule has 8 heavy (non-hydrogen) atoms. The highest BCUT2D eigenvalue weighted by molar-refractivity contribution is 5.04. The molecular weight excluding hydrogens is 114 g/mol. The summed E-state index contributed by atoms with van der Waals surface area (Å²) in [6.45, 7) is 0. The molecule has 6 nitrogen and oxygen atoms in total. The van der Waals surface area contributed by atoms with Gasteiger partial charge in [0.05, 0.1) is 0 Å². The second kappa shape index (κ2) is 1.57. The summed E-state index contributed by atoms with van der Waals surface area (Å²) in [4.78, 5) is 9.02. The Labute approximate surface area is 43.2 Å². The van der Waals surface area contributed by atoms with Gasteiger partial charge >= 0.3 is 5.82 Å². The molecular formula is C2HN3O3. The normalized spacial score (nSPS) is 9.00. The summed E-state index contributed by atoms with van der Waals surface area (Å²) in [7, 11) is 0. The molecule has 0 atom stereocenters. The van der Waals surface area contributed by atoms with Crippen LogP contribution in [0.3, 0.4) is 0 Å². The highest BCUT2D eigenvalue weighted by Gasteiger charge is 2.07.